The van der Waals surface area contributed by atoms with Gasteiger partial charge in [-0.3, -0.25) is 9.59 Å². The van der Waals surface area contributed by atoms with E-state index >= 15 is 0 Å². The van der Waals surface area contributed by atoms with Crippen molar-refractivity contribution in [1.29, 1.82) is 0 Å². The van der Waals surface area contributed by atoms with Gasteiger partial charge >= 0.3 is 0 Å². The summed E-state index contributed by atoms with van der Waals surface area (Å²) in [6, 6.07) is 7.59. The minimum absolute atomic E-state index is 0.0691. The highest BCUT2D eigenvalue weighted by atomic mass is 16.2. The molecule has 18 heavy (non-hydrogen) atoms. The molecule has 1 aromatic rings. The number of nitrogens with two attached hydrogens (primary N) is 2. The topological polar surface area (TPSA) is 98.2 Å². The van der Waals surface area contributed by atoms with Crippen LogP contribution in [0.25, 0.3) is 0 Å². The summed E-state index contributed by atoms with van der Waals surface area (Å²) in [6.07, 6.45) is 1.17. The maximum atomic E-state index is 11.7. The molecule has 0 aliphatic carbocycles. The van der Waals surface area contributed by atoms with E-state index in [2.05, 4.69) is 5.32 Å². The quantitative estimate of drug-likeness (QED) is 0.596. The van der Waals surface area contributed by atoms with Gasteiger partial charge in [0.15, 0.2) is 0 Å². The number of hydrogen-bond acceptors (Lipinski definition) is 3. The molecule has 0 heterocycles. The molecular weight excluding hydrogens is 230 g/mol. The van der Waals surface area contributed by atoms with Crippen molar-refractivity contribution in [3.8, 4) is 0 Å². The molecule has 5 heteroatoms. The van der Waals surface area contributed by atoms with Crippen LogP contribution in [0.4, 0.5) is 0 Å². The van der Waals surface area contributed by atoms with E-state index in [0.29, 0.717) is 32.4 Å². The molecule has 2 amide bonds. The summed E-state index contributed by atoms with van der Waals surface area (Å²) >= 11 is 0. The van der Waals surface area contributed by atoms with E-state index in [1.807, 2.05) is 24.3 Å². The highest BCUT2D eigenvalue weighted by molar-refractivity contribution is 5.79. The molecule has 0 unspecified atom stereocenters. The second-order valence-electron chi connectivity index (χ2n) is 4.07. The van der Waals surface area contributed by atoms with Crippen LogP contribution in [-0.4, -0.2) is 18.4 Å². The summed E-state index contributed by atoms with van der Waals surface area (Å²) in [4.78, 5) is 22.2. The SMILES string of the molecule is NCc1ccccc1CC(=O)NCCCC(N)=O. The first-order valence-electron chi connectivity index (χ1n) is 5.95. The number of benzene rings is 1. The molecular formula is C13H19N3O2. The average molecular weight is 249 g/mol. The lowest BCUT2D eigenvalue weighted by Crippen LogP contribution is -2.27. The maximum Gasteiger partial charge on any atom is 0.224 e. The Labute approximate surface area is 107 Å². The van der Waals surface area contributed by atoms with Gasteiger partial charge in [-0.15, -0.1) is 0 Å². The predicted octanol–water partition coefficient (Wildman–Crippen LogP) is 0.0695. The lowest BCUT2D eigenvalue weighted by Gasteiger charge is -2.08. The Morgan fingerprint density at radius 3 is 2.44 bits per heavy atom. The molecule has 5 N–H and O–H groups in total. The summed E-state index contributed by atoms with van der Waals surface area (Å²) in [7, 11) is 0. The third-order valence-corrected chi connectivity index (χ3v) is 2.61. The van der Waals surface area contributed by atoms with Gasteiger partial charge in [0, 0.05) is 19.5 Å². The Morgan fingerprint density at radius 2 is 1.83 bits per heavy atom. The molecule has 0 saturated heterocycles. The summed E-state index contributed by atoms with van der Waals surface area (Å²) < 4.78 is 0. The zero-order chi connectivity index (χ0) is 13.4. The van der Waals surface area contributed by atoms with Crippen LogP contribution in [0.1, 0.15) is 24.0 Å². The van der Waals surface area contributed by atoms with E-state index in [1.54, 1.807) is 0 Å². The van der Waals surface area contributed by atoms with Crippen LogP contribution in [0.2, 0.25) is 0 Å². The van der Waals surface area contributed by atoms with Crippen molar-refractivity contribution in [1.82, 2.24) is 5.32 Å². The highest BCUT2D eigenvalue weighted by Crippen LogP contribution is 2.08. The van der Waals surface area contributed by atoms with Crippen LogP contribution in [0.3, 0.4) is 0 Å². The number of carbonyl (C=O) groups excluding carboxylic acids is 2. The predicted molar refractivity (Wildman–Crippen MR) is 69.5 cm³/mol. The number of amides is 2. The van der Waals surface area contributed by atoms with Gasteiger partial charge in [0.2, 0.25) is 11.8 Å². The van der Waals surface area contributed by atoms with Crippen molar-refractivity contribution < 1.29 is 9.59 Å². The largest absolute Gasteiger partial charge is 0.370 e. The van der Waals surface area contributed by atoms with Gasteiger partial charge in [-0.2, -0.15) is 0 Å². The fourth-order valence-electron chi connectivity index (χ4n) is 1.65. The van der Waals surface area contributed by atoms with E-state index < -0.39 is 0 Å². The molecule has 0 bridgehead atoms. The van der Waals surface area contributed by atoms with Crippen molar-refractivity contribution >= 4 is 11.8 Å². The van der Waals surface area contributed by atoms with Crippen LogP contribution in [0.5, 0.6) is 0 Å². The summed E-state index contributed by atoms with van der Waals surface area (Å²) in [5, 5.41) is 2.75. The first-order valence-corrected chi connectivity index (χ1v) is 5.95. The van der Waals surface area contributed by atoms with Crippen molar-refractivity contribution in [3.63, 3.8) is 0 Å². The molecule has 5 nitrogen and oxygen atoms in total. The first-order chi connectivity index (χ1) is 8.63. The average Bonchev–Trinajstić information content (AvgIpc) is 2.35. The second-order valence-corrected chi connectivity index (χ2v) is 4.07. The third kappa shape index (κ3) is 4.97. The molecule has 0 atom stereocenters. The fourth-order valence-corrected chi connectivity index (χ4v) is 1.65. The number of nitrogens with one attached hydrogen (secondary N) is 1. The van der Waals surface area contributed by atoms with Gasteiger partial charge in [-0.1, -0.05) is 24.3 Å². The van der Waals surface area contributed by atoms with Crippen LogP contribution < -0.4 is 16.8 Å². The van der Waals surface area contributed by atoms with E-state index in [0.717, 1.165) is 11.1 Å². The minimum atomic E-state index is -0.349. The monoisotopic (exact) mass is 249 g/mol. The van der Waals surface area contributed by atoms with Crippen molar-refractivity contribution in [2.24, 2.45) is 11.5 Å². The molecule has 0 aliphatic rings. The summed E-state index contributed by atoms with van der Waals surface area (Å²) in [5.41, 5.74) is 12.5. The zero-order valence-corrected chi connectivity index (χ0v) is 10.3. The lowest BCUT2D eigenvalue weighted by molar-refractivity contribution is -0.121. The normalized spacial score (nSPS) is 10.1. The van der Waals surface area contributed by atoms with Crippen molar-refractivity contribution in [2.75, 3.05) is 6.54 Å². The van der Waals surface area contributed by atoms with Crippen LogP contribution in [0.15, 0.2) is 24.3 Å². The zero-order valence-electron chi connectivity index (χ0n) is 10.3. The van der Waals surface area contributed by atoms with Crippen LogP contribution in [0, 0.1) is 0 Å². The number of carbonyl (C=O) groups is 2. The molecule has 1 rings (SSSR count). The van der Waals surface area contributed by atoms with Gasteiger partial charge in [-0.25, -0.2) is 0 Å². The molecule has 0 saturated carbocycles. The molecule has 0 radical (unpaired) electrons. The molecule has 0 fully saturated rings. The van der Waals surface area contributed by atoms with Gasteiger partial charge in [0.1, 0.15) is 0 Å². The summed E-state index contributed by atoms with van der Waals surface area (Å²) in [6.45, 7) is 0.887. The van der Waals surface area contributed by atoms with E-state index in [9.17, 15) is 9.59 Å². The molecule has 0 aliphatic heterocycles. The Hall–Kier alpha value is -1.88. The van der Waals surface area contributed by atoms with Crippen molar-refractivity contribution in [2.45, 2.75) is 25.8 Å². The van der Waals surface area contributed by atoms with E-state index in [4.69, 9.17) is 11.5 Å². The number of rotatable bonds is 7. The van der Waals surface area contributed by atoms with Gasteiger partial charge in [0.05, 0.1) is 6.42 Å². The van der Waals surface area contributed by atoms with Gasteiger partial charge in [-0.05, 0) is 17.5 Å². The fraction of sp³-hybridized carbons (Fsp3) is 0.385. The van der Waals surface area contributed by atoms with E-state index in [-0.39, 0.29) is 11.8 Å². The maximum absolute atomic E-state index is 11.7. The molecule has 0 aromatic heterocycles. The molecule has 1 aromatic carbocycles. The Morgan fingerprint density at radius 1 is 1.17 bits per heavy atom. The lowest BCUT2D eigenvalue weighted by atomic mass is 10.0. The standard InChI is InChI=1S/C13H19N3O2/c14-9-11-5-2-1-4-10(11)8-13(18)16-7-3-6-12(15)17/h1-2,4-5H,3,6-9,14H2,(H2,15,17)(H,16,18). The Kier molecular flexibility index (Phi) is 5.87. The van der Waals surface area contributed by atoms with Crippen molar-refractivity contribution in [3.05, 3.63) is 35.4 Å². The minimum Gasteiger partial charge on any atom is -0.370 e. The highest BCUT2D eigenvalue weighted by Gasteiger charge is 2.06. The number of primary amides is 1. The van der Waals surface area contributed by atoms with Gasteiger partial charge in [0.25, 0.3) is 0 Å². The van der Waals surface area contributed by atoms with Gasteiger partial charge < -0.3 is 16.8 Å². The smallest absolute Gasteiger partial charge is 0.224 e. The molecule has 98 valence electrons. The van der Waals surface area contributed by atoms with Crippen LogP contribution >= 0.6 is 0 Å². The Bertz CT molecular complexity index is 418. The van der Waals surface area contributed by atoms with E-state index in [1.165, 1.54) is 0 Å². The second kappa shape index (κ2) is 7.45. The third-order valence-electron chi connectivity index (χ3n) is 2.61. The van der Waals surface area contributed by atoms with Crippen LogP contribution in [-0.2, 0) is 22.6 Å². The molecule has 0 spiro atoms. The summed E-state index contributed by atoms with van der Waals surface area (Å²) in [5.74, 6) is -0.418. The number of hydrogen-bond donors (Lipinski definition) is 3. The Balaban J connectivity index is 2.37. The first kappa shape index (κ1) is 14.2.